The quantitative estimate of drug-likeness (QED) is 0.820. The van der Waals surface area contributed by atoms with Gasteiger partial charge in [-0.15, -0.1) is 0 Å². The van der Waals surface area contributed by atoms with Gasteiger partial charge in [-0.2, -0.15) is 9.61 Å². The van der Waals surface area contributed by atoms with Crippen molar-refractivity contribution in [1.29, 1.82) is 0 Å². The van der Waals surface area contributed by atoms with E-state index in [4.69, 9.17) is 5.11 Å². The van der Waals surface area contributed by atoms with E-state index in [-0.39, 0.29) is 11.2 Å². The molecule has 0 bridgehead atoms. The Morgan fingerprint density at radius 1 is 1.57 bits per heavy atom. The minimum atomic E-state index is -1.04. The summed E-state index contributed by atoms with van der Waals surface area (Å²) >= 11 is 3.15. The van der Waals surface area contributed by atoms with Gasteiger partial charge in [-0.3, -0.25) is 0 Å². The highest BCUT2D eigenvalue weighted by atomic mass is 79.9. The highest BCUT2D eigenvalue weighted by molar-refractivity contribution is 9.10. The van der Waals surface area contributed by atoms with Crippen LogP contribution in [0.15, 0.2) is 11.1 Å². The molecule has 7 heteroatoms. The van der Waals surface area contributed by atoms with Gasteiger partial charge in [-0.25, -0.2) is 14.8 Å². The molecule has 0 radical (unpaired) electrons. The highest BCUT2D eigenvalue weighted by Gasteiger charge is 2.18. The molecule has 0 amide bonds. The van der Waals surface area contributed by atoms with E-state index in [2.05, 4.69) is 31.0 Å². The topological polar surface area (TPSA) is 80.4 Å². The molecule has 0 fully saturated rings. The first-order chi connectivity index (χ1) is 6.61. The SMILES string of the molecule is Cc1nn2c(Br)ncnc2c1C(=O)O. The van der Waals surface area contributed by atoms with Gasteiger partial charge in [0.25, 0.3) is 0 Å². The van der Waals surface area contributed by atoms with Crippen molar-refractivity contribution < 1.29 is 9.90 Å². The molecule has 2 aromatic heterocycles. The van der Waals surface area contributed by atoms with Gasteiger partial charge in [-0.1, -0.05) is 0 Å². The molecule has 0 aliphatic carbocycles. The lowest BCUT2D eigenvalue weighted by molar-refractivity contribution is 0.0698. The predicted octanol–water partition coefficient (Wildman–Crippen LogP) is 0.893. The summed E-state index contributed by atoms with van der Waals surface area (Å²) in [4.78, 5) is 18.6. The van der Waals surface area contributed by atoms with Crippen molar-refractivity contribution in [2.24, 2.45) is 0 Å². The molecule has 72 valence electrons. The summed E-state index contributed by atoms with van der Waals surface area (Å²) in [6.07, 6.45) is 1.28. The van der Waals surface area contributed by atoms with Gasteiger partial charge in [-0.05, 0) is 22.9 Å². The van der Waals surface area contributed by atoms with Crippen LogP contribution in [0.3, 0.4) is 0 Å². The van der Waals surface area contributed by atoms with Crippen molar-refractivity contribution >= 4 is 27.5 Å². The first-order valence-electron chi connectivity index (χ1n) is 3.70. The van der Waals surface area contributed by atoms with Crippen LogP contribution < -0.4 is 0 Å². The number of hydrogen-bond donors (Lipinski definition) is 1. The first kappa shape index (κ1) is 9.07. The molecular formula is C7H5BrN4O2. The summed E-state index contributed by atoms with van der Waals surface area (Å²) in [6, 6.07) is 0. The normalized spacial score (nSPS) is 10.7. The minimum Gasteiger partial charge on any atom is -0.477 e. The van der Waals surface area contributed by atoms with E-state index < -0.39 is 5.97 Å². The van der Waals surface area contributed by atoms with Crippen LogP contribution in [0.2, 0.25) is 0 Å². The van der Waals surface area contributed by atoms with Crippen molar-refractivity contribution in [3.63, 3.8) is 0 Å². The Balaban J connectivity index is 2.90. The standard InChI is InChI=1S/C7H5BrN4O2/c1-3-4(6(13)14)5-9-2-10-7(8)12(5)11-3/h2H,1H3,(H,13,14). The zero-order chi connectivity index (χ0) is 10.3. The summed E-state index contributed by atoms with van der Waals surface area (Å²) in [5, 5.41) is 12.9. The van der Waals surface area contributed by atoms with Crippen molar-refractivity contribution in [3.05, 3.63) is 22.3 Å². The van der Waals surface area contributed by atoms with Crippen LogP contribution in [0, 0.1) is 6.92 Å². The summed E-state index contributed by atoms with van der Waals surface area (Å²) in [5.74, 6) is -1.04. The van der Waals surface area contributed by atoms with Crippen molar-refractivity contribution in [3.8, 4) is 0 Å². The molecule has 2 heterocycles. The van der Waals surface area contributed by atoms with Gasteiger partial charge in [0, 0.05) is 0 Å². The van der Waals surface area contributed by atoms with E-state index in [9.17, 15) is 4.79 Å². The molecule has 0 atom stereocenters. The monoisotopic (exact) mass is 256 g/mol. The molecule has 2 rings (SSSR count). The molecule has 0 saturated heterocycles. The van der Waals surface area contributed by atoms with E-state index in [0.717, 1.165) is 0 Å². The predicted molar refractivity (Wildman–Crippen MR) is 50.2 cm³/mol. The van der Waals surface area contributed by atoms with Gasteiger partial charge in [0.2, 0.25) is 4.73 Å². The molecule has 0 aromatic carbocycles. The van der Waals surface area contributed by atoms with Gasteiger partial charge in [0.05, 0.1) is 5.69 Å². The second kappa shape index (κ2) is 3.02. The maximum Gasteiger partial charge on any atom is 0.341 e. The van der Waals surface area contributed by atoms with Gasteiger partial charge in [0.1, 0.15) is 11.9 Å². The smallest absolute Gasteiger partial charge is 0.341 e. The maximum absolute atomic E-state index is 10.9. The zero-order valence-corrected chi connectivity index (χ0v) is 8.69. The third-order valence-corrected chi connectivity index (χ3v) is 2.31. The number of carbonyl (C=O) groups is 1. The third-order valence-electron chi connectivity index (χ3n) is 1.77. The first-order valence-corrected chi connectivity index (χ1v) is 4.49. The second-order valence-electron chi connectivity index (χ2n) is 2.64. The minimum absolute atomic E-state index is 0.105. The fourth-order valence-corrected chi connectivity index (χ4v) is 1.54. The number of carboxylic acids is 1. The number of aryl methyl sites for hydroxylation is 1. The summed E-state index contributed by atoms with van der Waals surface area (Å²) in [6.45, 7) is 1.62. The molecule has 14 heavy (non-hydrogen) atoms. The lowest BCUT2D eigenvalue weighted by atomic mass is 10.2. The maximum atomic E-state index is 10.9. The molecule has 0 saturated carbocycles. The number of nitrogens with zero attached hydrogens (tertiary/aromatic N) is 4. The number of aromatic carboxylic acids is 1. The van der Waals surface area contributed by atoms with Crippen molar-refractivity contribution in [2.75, 3.05) is 0 Å². The van der Waals surface area contributed by atoms with Crippen LogP contribution >= 0.6 is 15.9 Å². The van der Waals surface area contributed by atoms with E-state index in [1.807, 2.05) is 0 Å². The molecule has 0 spiro atoms. The molecular weight excluding hydrogens is 252 g/mol. The number of rotatable bonds is 1. The summed E-state index contributed by atoms with van der Waals surface area (Å²) in [5.41, 5.74) is 0.809. The average molecular weight is 257 g/mol. The molecule has 6 nitrogen and oxygen atoms in total. The zero-order valence-electron chi connectivity index (χ0n) is 7.10. The van der Waals surface area contributed by atoms with Crippen LogP contribution in [0.5, 0.6) is 0 Å². The number of carboxylic acid groups (broad SMARTS) is 1. The Morgan fingerprint density at radius 3 is 2.93 bits per heavy atom. The molecule has 0 aliphatic rings. The van der Waals surface area contributed by atoms with Crippen molar-refractivity contribution in [2.45, 2.75) is 6.92 Å². The Bertz CT molecular complexity index is 522. The van der Waals surface area contributed by atoms with Crippen LogP contribution in [-0.4, -0.2) is 30.7 Å². The number of fused-ring (bicyclic) bond motifs is 1. The van der Waals surface area contributed by atoms with E-state index in [1.54, 1.807) is 6.92 Å². The molecule has 0 aliphatic heterocycles. The number of hydrogen-bond acceptors (Lipinski definition) is 4. The van der Waals surface area contributed by atoms with E-state index in [1.165, 1.54) is 10.8 Å². The number of halogens is 1. The van der Waals surface area contributed by atoms with E-state index >= 15 is 0 Å². The van der Waals surface area contributed by atoms with Crippen LogP contribution in [-0.2, 0) is 0 Å². The van der Waals surface area contributed by atoms with Crippen LogP contribution in [0.25, 0.3) is 5.65 Å². The Morgan fingerprint density at radius 2 is 2.29 bits per heavy atom. The van der Waals surface area contributed by atoms with Gasteiger partial charge < -0.3 is 5.11 Å². The molecule has 0 unspecified atom stereocenters. The average Bonchev–Trinajstić information content (AvgIpc) is 2.42. The second-order valence-corrected chi connectivity index (χ2v) is 3.35. The van der Waals surface area contributed by atoms with Crippen molar-refractivity contribution in [1.82, 2.24) is 19.6 Å². The van der Waals surface area contributed by atoms with Crippen LogP contribution in [0.1, 0.15) is 16.1 Å². The number of aromatic nitrogens is 4. The Kier molecular flexibility index (Phi) is 1.95. The molecule has 1 N–H and O–H groups in total. The largest absolute Gasteiger partial charge is 0.477 e. The van der Waals surface area contributed by atoms with Gasteiger partial charge in [0.15, 0.2) is 5.65 Å². The Labute approximate surface area is 86.7 Å². The van der Waals surface area contributed by atoms with Gasteiger partial charge >= 0.3 is 5.97 Å². The van der Waals surface area contributed by atoms with Crippen LogP contribution in [0.4, 0.5) is 0 Å². The Hall–Kier alpha value is -1.50. The highest BCUT2D eigenvalue weighted by Crippen LogP contribution is 2.15. The summed E-state index contributed by atoms with van der Waals surface area (Å²) < 4.78 is 1.77. The van der Waals surface area contributed by atoms with E-state index in [0.29, 0.717) is 10.4 Å². The lowest BCUT2D eigenvalue weighted by Crippen LogP contribution is -2.00. The third kappa shape index (κ3) is 1.17. The molecule has 2 aromatic rings. The fourth-order valence-electron chi connectivity index (χ4n) is 1.20. The fraction of sp³-hybridized carbons (Fsp3) is 0.143. The lowest BCUT2D eigenvalue weighted by Gasteiger charge is -1.93. The summed E-state index contributed by atoms with van der Waals surface area (Å²) in [7, 11) is 0.